The summed E-state index contributed by atoms with van der Waals surface area (Å²) in [6, 6.07) is 0.0949. The Morgan fingerprint density at radius 2 is 2.20 bits per heavy atom. The van der Waals surface area contributed by atoms with Gasteiger partial charge in [0.1, 0.15) is 5.82 Å². The van der Waals surface area contributed by atoms with Crippen LogP contribution in [-0.2, 0) is 6.54 Å². The fourth-order valence-corrected chi connectivity index (χ4v) is 1.70. The third-order valence-electron chi connectivity index (χ3n) is 3.21. The zero-order valence-corrected chi connectivity index (χ0v) is 10.1. The summed E-state index contributed by atoms with van der Waals surface area (Å²) < 4.78 is 2.13. The monoisotopic (exact) mass is 210 g/mol. The van der Waals surface area contributed by atoms with Crippen molar-refractivity contribution in [2.45, 2.75) is 46.7 Å². The minimum atomic E-state index is 0.0949. The highest BCUT2D eigenvalue weighted by atomic mass is 15.3. The van der Waals surface area contributed by atoms with Crippen molar-refractivity contribution in [3.05, 3.63) is 18.2 Å². The van der Waals surface area contributed by atoms with Crippen LogP contribution in [0.15, 0.2) is 12.4 Å². The maximum absolute atomic E-state index is 5.65. The number of imidazole rings is 1. The summed E-state index contributed by atoms with van der Waals surface area (Å²) in [6.45, 7) is 9.60. The molecular formula is C11H22N4. The lowest BCUT2D eigenvalue weighted by Gasteiger charge is -2.32. The fraction of sp³-hybridized carbons (Fsp3) is 0.727. The zero-order chi connectivity index (χ0) is 11.5. The van der Waals surface area contributed by atoms with Gasteiger partial charge in [0, 0.05) is 18.9 Å². The van der Waals surface area contributed by atoms with Crippen molar-refractivity contribution < 1.29 is 0 Å². The first-order valence-electron chi connectivity index (χ1n) is 5.54. The van der Waals surface area contributed by atoms with Crippen LogP contribution in [0.5, 0.6) is 0 Å². The first-order chi connectivity index (χ1) is 7.06. The van der Waals surface area contributed by atoms with E-state index < -0.39 is 0 Å². The molecule has 0 radical (unpaired) electrons. The third-order valence-corrected chi connectivity index (χ3v) is 3.21. The largest absolute Gasteiger partial charge is 0.334 e. The molecule has 0 aliphatic rings. The topological polar surface area (TPSA) is 55.9 Å². The summed E-state index contributed by atoms with van der Waals surface area (Å²) in [4.78, 5) is 4.39. The van der Waals surface area contributed by atoms with Gasteiger partial charge in [-0.2, -0.15) is 0 Å². The maximum atomic E-state index is 5.65. The second-order valence-electron chi connectivity index (χ2n) is 4.51. The number of nitrogens with two attached hydrogens (primary N) is 1. The minimum Gasteiger partial charge on any atom is -0.334 e. The summed E-state index contributed by atoms with van der Waals surface area (Å²) in [6.07, 6.45) is 4.87. The van der Waals surface area contributed by atoms with Gasteiger partial charge in [-0.05, 0) is 18.8 Å². The van der Waals surface area contributed by atoms with Crippen LogP contribution in [0.3, 0.4) is 0 Å². The van der Waals surface area contributed by atoms with E-state index >= 15 is 0 Å². The SMILES string of the molecule is CCn1ccnc1C(NN)C(C)(C)CC. The predicted octanol–water partition coefficient (Wildman–Crippen LogP) is 1.84. The molecule has 3 N–H and O–H groups in total. The van der Waals surface area contributed by atoms with Gasteiger partial charge < -0.3 is 4.57 Å². The van der Waals surface area contributed by atoms with E-state index in [1.165, 1.54) is 0 Å². The van der Waals surface area contributed by atoms with Crippen molar-refractivity contribution in [1.29, 1.82) is 0 Å². The van der Waals surface area contributed by atoms with Gasteiger partial charge in [0.05, 0.1) is 6.04 Å². The van der Waals surface area contributed by atoms with E-state index in [-0.39, 0.29) is 11.5 Å². The van der Waals surface area contributed by atoms with Crippen LogP contribution < -0.4 is 11.3 Å². The molecular weight excluding hydrogens is 188 g/mol. The highest BCUT2D eigenvalue weighted by molar-refractivity contribution is 5.03. The van der Waals surface area contributed by atoms with Gasteiger partial charge in [0.15, 0.2) is 0 Å². The van der Waals surface area contributed by atoms with E-state index in [2.05, 4.69) is 42.7 Å². The van der Waals surface area contributed by atoms with Crippen molar-refractivity contribution in [3.63, 3.8) is 0 Å². The predicted molar refractivity (Wildman–Crippen MR) is 62.0 cm³/mol. The lowest BCUT2D eigenvalue weighted by molar-refractivity contribution is 0.222. The van der Waals surface area contributed by atoms with Crippen molar-refractivity contribution >= 4 is 0 Å². The molecule has 1 rings (SSSR count). The van der Waals surface area contributed by atoms with Gasteiger partial charge in [-0.3, -0.25) is 5.84 Å². The third kappa shape index (κ3) is 2.38. The number of aromatic nitrogens is 2. The van der Waals surface area contributed by atoms with E-state index in [0.717, 1.165) is 18.8 Å². The number of aryl methyl sites for hydroxylation is 1. The van der Waals surface area contributed by atoms with Crippen molar-refractivity contribution in [1.82, 2.24) is 15.0 Å². The number of hydrogen-bond acceptors (Lipinski definition) is 3. The normalized spacial score (nSPS) is 14.2. The van der Waals surface area contributed by atoms with Crippen LogP contribution in [0.1, 0.15) is 46.0 Å². The molecule has 1 aromatic heterocycles. The van der Waals surface area contributed by atoms with Crippen molar-refractivity contribution in [2.75, 3.05) is 0 Å². The maximum Gasteiger partial charge on any atom is 0.127 e. The van der Waals surface area contributed by atoms with Gasteiger partial charge in [0.25, 0.3) is 0 Å². The fourth-order valence-electron chi connectivity index (χ4n) is 1.70. The Bertz CT molecular complexity index is 303. The molecule has 0 amide bonds. The van der Waals surface area contributed by atoms with Gasteiger partial charge >= 0.3 is 0 Å². The standard InChI is InChI=1S/C11H22N4/c1-5-11(3,4)9(14-12)10-13-7-8-15(10)6-2/h7-9,14H,5-6,12H2,1-4H3. The van der Waals surface area contributed by atoms with E-state index in [1.54, 1.807) is 0 Å². The molecule has 0 aromatic carbocycles. The Hall–Kier alpha value is -0.870. The lowest BCUT2D eigenvalue weighted by Crippen LogP contribution is -2.39. The zero-order valence-electron chi connectivity index (χ0n) is 10.1. The van der Waals surface area contributed by atoms with Crippen LogP contribution in [0.25, 0.3) is 0 Å². The molecule has 1 unspecified atom stereocenters. The van der Waals surface area contributed by atoms with Gasteiger partial charge in [-0.25, -0.2) is 10.4 Å². The molecule has 1 atom stereocenters. The van der Waals surface area contributed by atoms with E-state index in [9.17, 15) is 0 Å². The summed E-state index contributed by atoms with van der Waals surface area (Å²) >= 11 is 0. The summed E-state index contributed by atoms with van der Waals surface area (Å²) in [5.74, 6) is 6.67. The molecule has 0 fully saturated rings. The van der Waals surface area contributed by atoms with E-state index in [4.69, 9.17) is 5.84 Å². The van der Waals surface area contributed by atoms with Crippen LogP contribution in [-0.4, -0.2) is 9.55 Å². The van der Waals surface area contributed by atoms with Crippen LogP contribution in [0, 0.1) is 5.41 Å². The second kappa shape index (κ2) is 4.77. The highest BCUT2D eigenvalue weighted by Gasteiger charge is 2.31. The number of hydrazine groups is 1. The molecule has 4 heteroatoms. The number of nitrogens with one attached hydrogen (secondary N) is 1. The molecule has 0 spiro atoms. The first-order valence-corrected chi connectivity index (χ1v) is 5.54. The number of rotatable bonds is 5. The van der Waals surface area contributed by atoms with Gasteiger partial charge in [-0.15, -0.1) is 0 Å². The molecule has 15 heavy (non-hydrogen) atoms. The molecule has 0 aliphatic heterocycles. The average molecular weight is 210 g/mol. The molecule has 86 valence electrons. The Kier molecular flexibility index (Phi) is 3.88. The molecule has 1 aromatic rings. The van der Waals surface area contributed by atoms with Gasteiger partial charge in [-0.1, -0.05) is 20.8 Å². The Morgan fingerprint density at radius 3 is 2.67 bits per heavy atom. The van der Waals surface area contributed by atoms with Crippen molar-refractivity contribution in [3.8, 4) is 0 Å². The number of hydrogen-bond donors (Lipinski definition) is 2. The Balaban J connectivity index is 3.02. The summed E-state index contributed by atoms with van der Waals surface area (Å²) in [5.41, 5.74) is 2.99. The van der Waals surface area contributed by atoms with E-state index in [0.29, 0.717) is 0 Å². The number of nitrogens with zero attached hydrogens (tertiary/aromatic N) is 2. The molecule has 0 bridgehead atoms. The Morgan fingerprint density at radius 1 is 1.53 bits per heavy atom. The highest BCUT2D eigenvalue weighted by Crippen LogP contribution is 2.34. The quantitative estimate of drug-likeness (QED) is 0.576. The Labute approximate surface area is 91.8 Å². The van der Waals surface area contributed by atoms with Crippen LogP contribution in [0.4, 0.5) is 0 Å². The molecule has 0 saturated carbocycles. The molecule has 0 aliphatic carbocycles. The summed E-state index contributed by atoms with van der Waals surface area (Å²) in [5, 5.41) is 0. The van der Waals surface area contributed by atoms with E-state index in [1.807, 2.05) is 12.4 Å². The molecule has 1 heterocycles. The van der Waals surface area contributed by atoms with Crippen LogP contribution >= 0.6 is 0 Å². The van der Waals surface area contributed by atoms with Gasteiger partial charge in [0.2, 0.25) is 0 Å². The second-order valence-corrected chi connectivity index (χ2v) is 4.51. The molecule has 0 saturated heterocycles. The van der Waals surface area contributed by atoms with Crippen molar-refractivity contribution in [2.24, 2.45) is 11.3 Å². The average Bonchev–Trinajstić information content (AvgIpc) is 2.66. The smallest absolute Gasteiger partial charge is 0.127 e. The minimum absolute atomic E-state index is 0.0949. The first kappa shape index (κ1) is 12.2. The summed E-state index contributed by atoms with van der Waals surface area (Å²) in [7, 11) is 0. The van der Waals surface area contributed by atoms with Crippen LogP contribution in [0.2, 0.25) is 0 Å². The molecule has 4 nitrogen and oxygen atoms in total. The lowest BCUT2D eigenvalue weighted by atomic mass is 9.81.